The van der Waals surface area contributed by atoms with Gasteiger partial charge in [0.2, 0.25) is 5.91 Å². The maximum Gasteiger partial charge on any atom is 0.265 e. The van der Waals surface area contributed by atoms with E-state index < -0.39 is 6.10 Å². The van der Waals surface area contributed by atoms with Crippen molar-refractivity contribution in [3.8, 4) is 5.75 Å². The first-order valence-corrected chi connectivity index (χ1v) is 9.03. The minimum atomic E-state index is -0.701. The number of halogens is 1. The molecule has 6 heteroatoms. The molecule has 0 radical (unpaired) electrons. The summed E-state index contributed by atoms with van der Waals surface area (Å²) in [5.41, 5.74) is 1.35. The summed E-state index contributed by atoms with van der Waals surface area (Å²) in [6, 6.07) is 14.0. The van der Waals surface area contributed by atoms with Crippen molar-refractivity contribution >= 4 is 34.8 Å². The number of hydrogen-bond acceptors (Lipinski definition) is 3. The normalized spacial score (nSPS) is 14.8. The van der Waals surface area contributed by atoms with Crippen molar-refractivity contribution in [3.63, 3.8) is 0 Å². The predicted octanol–water partition coefficient (Wildman–Crippen LogP) is 4.48. The number of anilines is 2. The first kappa shape index (κ1) is 18.3. The van der Waals surface area contributed by atoms with Crippen LogP contribution >= 0.6 is 11.6 Å². The Kier molecular flexibility index (Phi) is 5.78. The Labute approximate surface area is 157 Å². The summed E-state index contributed by atoms with van der Waals surface area (Å²) in [6.07, 6.45) is 2.34. The van der Waals surface area contributed by atoms with Gasteiger partial charge >= 0.3 is 0 Å². The molecule has 0 spiro atoms. The number of ether oxygens (including phenoxy) is 1. The van der Waals surface area contributed by atoms with Gasteiger partial charge in [0.05, 0.1) is 5.02 Å². The zero-order valence-corrected chi connectivity index (χ0v) is 15.3. The highest BCUT2D eigenvalue weighted by Crippen LogP contribution is 2.28. The third-order valence-electron chi connectivity index (χ3n) is 4.41. The molecule has 3 rings (SSSR count). The van der Waals surface area contributed by atoms with E-state index in [4.69, 9.17) is 16.3 Å². The second-order valence-electron chi connectivity index (χ2n) is 6.37. The zero-order valence-electron chi connectivity index (χ0n) is 14.5. The van der Waals surface area contributed by atoms with Gasteiger partial charge in [0, 0.05) is 17.3 Å². The minimum Gasteiger partial charge on any atom is -0.479 e. The molecule has 0 heterocycles. The number of rotatable bonds is 6. The number of para-hydroxylation sites is 1. The zero-order chi connectivity index (χ0) is 18.5. The van der Waals surface area contributed by atoms with Crippen LogP contribution in [0.15, 0.2) is 48.5 Å². The molecule has 136 valence electrons. The molecule has 2 amide bonds. The fraction of sp³-hybridized carbons (Fsp3) is 0.300. The summed E-state index contributed by atoms with van der Waals surface area (Å²) in [7, 11) is 0. The monoisotopic (exact) mass is 372 g/mol. The van der Waals surface area contributed by atoms with Gasteiger partial charge in [0.25, 0.3) is 5.91 Å². The van der Waals surface area contributed by atoms with Crippen molar-refractivity contribution in [2.45, 2.75) is 32.3 Å². The number of nitrogens with one attached hydrogen (secondary N) is 2. The van der Waals surface area contributed by atoms with Crippen molar-refractivity contribution < 1.29 is 14.3 Å². The number of amides is 2. The molecule has 1 unspecified atom stereocenters. The standard InChI is InChI=1S/C20H21ClN2O3/c1-13(26-18-8-3-2-7-17(18)21)19(24)22-15-9-11-16(12-10-15)23-20(25)14-5-4-6-14/h2-3,7-14H,4-6H2,1H3,(H,22,24)(H,23,25). The fourth-order valence-corrected chi connectivity index (χ4v) is 2.76. The van der Waals surface area contributed by atoms with Gasteiger partial charge < -0.3 is 15.4 Å². The van der Waals surface area contributed by atoms with Gasteiger partial charge in [0.1, 0.15) is 5.75 Å². The summed E-state index contributed by atoms with van der Waals surface area (Å²) in [6.45, 7) is 1.66. The SMILES string of the molecule is CC(Oc1ccccc1Cl)C(=O)Nc1ccc(NC(=O)C2CCC2)cc1. The third kappa shape index (κ3) is 4.55. The molecule has 1 fully saturated rings. The van der Waals surface area contributed by atoms with E-state index in [2.05, 4.69) is 10.6 Å². The molecule has 0 aromatic heterocycles. The van der Waals surface area contributed by atoms with Crippen LogP contribution in [-0.4, -0.2) is 17.9 Å². The summed E-state index contributed by atoms with van der Waals surface area (Å²) >= 11 is 6.04. The average Bonchev–Trinajstić information content (AvgIpc) is 2.57. The number of carbonyl (C=O) groups excluding carboxylic acids is 2. The van der Waals surface area contributed by atoms with Crippen LogP contribution in [0.3, 0.4) is 0 Å². The fourth-order valence-electron chi connectivity index (χ4n) is 2.58. The van der Waals surface area contributed by atoms with E-state index in [1.807, 2.05) is 0 Å². The van der Waals surface area contributed by atoms with Crippen molar-refractivity contribution in [3.05, 3.63) is 53.6 Å². The van der Waals surface area contributed by atoms with Crippen LogP contribution in [0.5, 0.6) is 5.75 Å². The largest absolute Gasteiger partial charge is 0.479 e. The lowest BCUT2D eigenvalue weighted by molar-refractivity contribution is -0.122. The van der Waals surface area contributed by atoms with Crippen LogP contribution in [0.4, 0.5) is 11.4 Å². The van der Waals surface area contributed by atoms with Crippen LogP contribution in [0.2, 0.25) is 5.02 Å². The molecule has 2 aromatic rings. The van der Waals surface area contributed by atoms with Crippen LogP contribution in [-0.2, 0) is 9.59 Å². The maximum absolute atomic E-state index is 12.3. The molecule has 0 aliphatic heterocycles. The molecule has 2 aromatic carbocycles. The maximum atomic E-state index is 12.3. The van der Waals surface area contributed by atoms with Gasteiger partial charge in [-0.15, -0.1) is 0 Å². The van der Waals surface area contributed by atoms with Crippen LogP contribution in [0.25, 0.3) is 0 Å². The van der Waals surface area contributed by atoms with Crippen LogP contribution in [0.1, 0.15) is 26.2 Å². The summed E-state index contributed by atoms with van der Waals surface area (Å²) in [5.74, 6) is 0.383. The van der Waals surface area contributed by atoms with E-state index in [1.54, 1.807) is 55.5 Å². The average molecular weight is 373 g/mol. The summed E-state index contributed by atoms with van der Waals surface area (Å²) in [5, 5.41) is 6.14. The molecule has 0 saturated heterocycles. The highest BCUT2D eigenvalue weighted by molar-refractivity contribution is 6.32. The van der Waals surface area contributed by atoms with E-state index in [0.717, 1.165) is 24.9 Å². The van der Waals surface area contributed by atoms with E-state index in [0.29, 0.717) is 16.5 Å². The summed E-state index contributed by atoms with van der Waals surface area (Å²) in [4.78, 5) is 24.2. The lowest BCUT2D eigenvalue weighted by Crippen LogP contribution is -2.30. The van der Waals surface area contributed by atoms with E-state index in [1.165, 1.54) is 0 Å². The van der Waals surface area contributed by atoms with Crippen molar-refractivity contribution in [1.29, 1.82) is 0 Å². The molecule has 1 saturated carbocycles. The van der Waals surface area contributed by atoms with Crippen LogP contribution in [0, 0.1) is 5.92 Å². The molecule has 26 heavy (non-hydrogen) atoms. The Bertz CT molecular complexity index is 788. The molecule has 5 nitrogen and oxygen atoms in total. The van der Waals surface area contributed by atoms with Crippen molar-refractivity contribution in [2.75, 3.05) is 10.6 Å². The van der Waals surface area contributed by atoms with E-state index in [-0.39, 0.29) is 17.7 Å². The van der Waals surface area contributed by atoms with Gasteiger partial charge in [-0.3, -0.25) is 9.59 Å². The Hall–Kier alpha value is -2.53. The lowest BCUT2D eigenvalue weighted by Gasteiger charge is -2.24. The lowest BCUT2D eigenvalue weighted by atomic mass is 9.85. The molecule has 2 N–H and O–H groups in total. The van der Waals surface area contributed by atoms with E-state index in [9.17, 15) is 9.59 Å². The van der Waals surface area contributed by atoms with Crippen molar-refractivity contribution in [1.82, 2.24) is 0 Å². The Morgan fingerprint density at radius 2 is 1.65 bits per heavy atom. The van der Waals surface area contributed by atoms with Crippen LogP contribution < -0.4 is 15.4 Å². The molecule has 1 aliphatic rings. The summed E-state index contributed by atoms with van der Waals surface area (Å²) < 4.78 is 5.60. The van der Waals surface area contributed by atoms with Gasteiger partial charge in [-0.05, 0) is 56.2 Å². The second kappa shape index (κ2) is 8.23. The first-order valence-electron chi connectivity index (χ1n) is 8.66. The van der Waals surface area contributed by atoms with Gasteiger partial charge in [-0.25, -0.2) is 0 Å². The molecule has 1 atom stereocenters. The molecule has 1 aliphatic carbocycles. The second-order valence-corrected chi connectivity index (χ2v) is 6.78. The smallest absolute Gasteiger partial charge is 0.265 e. The first-order chi connectivity index (χ1) is 12.5. The van der Waals surface area contributed by atoms with Gasteiger partial charge in [-0.2, -0.15) is 0 Å². The number of carbonyl (C=O) groups is 2. The van der Waals surface area contributed by atoms with Gasteiger partial charge in [-0.1, -0.05) is 30.2 Å². The van der Waals surface area contributed by atoms with Gasteiger partial charge in [0.15, 0.2) is 6.10 Å². The highest BCUT2D eigenvalue weighted by atomic mass is 35.5. The molecule has 0 bridgehead atoms. The Balaban J connectivity index is 1.53. The Morgan fingerprint density at radius 1 is 1.04 bits per heavy atom. The Morgan fingerprint density at radius 3 is 2.23 bits per heavy atom. The minimum absolute atomic E-state index is 0.0646. The van der Waals surface area contributed by atoms with Crippen molar-refractivity contribution in [2.24, 2.45) is 5.92 Å². The molecular formula is C20H21ClN2O3. The number of benzene rings is 2. The van der Waals surface area contributed by atoms with E-state index >= 15 is 0 Å². The number of hydrogen-bond donors (Lipinski definition) is 2. The highest BCUT2D eigenvalue weighted by Gasteiger charge is 2.25. The third-order valence-corrected chi connectivity index (χ3v) is 4.72. The molecular weight excluding hydrogens is 352 g/mol. The quantitative estimate of drug-likeness (QED) is 0.785. The topological polar surface area (TPSA) is 67.4 Å². The predicted molar refractivity (Wildman–Crippen MR) is 103 cm³/mol.